The number of benzene rings is 3. The molecule has 1 aromatic heterocycles. The molecule has 0 unspecified atom stereocenters. The molecule has 3 aromatic carbocycles. The fourth-order valence-corrected chi connectivity index (χ4v) is 4.41. The summed E-state index contributed by atoms with van der Waals surface area (Å²) in [6.07, 6.45) is 2.98. The zero-order valence-electron chi connectivity index (χ0n) is 15.7. The smallest absolute Gasteiger partial charge is 0.324 e. The number of nitrogens with zero attached hydrogens (tertiary/aromatic N) is 2. The van der Waals surface area contributed by atoms with Crippen LogP contribution in [0.2, 0.25) is 0 Å². The third kappa shape index (κ3) is 3.81. The Morgan fingerprint density at radius 2 is 1.17 bits per heavy atom. The van der Waals surface area contributed by atoms with Crippen molar-refractivity contribution < 1.29 is 14.4 Å². The predicted octanol–water partition coefficient (Wildman–Crippen LogP) is 4.40. The second kappa shape index (κ2) is 7.80. The van der Waals surface area contributed by atoms with Crippen LogP contribution in [0.3, 0.4) is 0 Å². The van der Waals surface area contributed by atoms with E-state index in [2.05, 4.69) is 41.4 Å². The van der Waals surface area contributed by atoms with Gasteiger partial charge < -0.3 is 14.4 Å². The maximum atomic E-state index is 11.5. The fourth-order valence-electron chi connectivity index (χ4n) is 3.82. The van der Waals surface area contributed by atoms with Crippen LogP contribution >= 0.6 is 7.60 Å². The van der Waals surface area contributed by atoms with Crippen molar-refractivity contribution in [3.63, 3.8) is 0 Å². The summed E-state index contributed by atoms with van der Waals surface area (Å²) in [6.45, 7) is 0. The van der Waals surface area contributed by atoms with Crippen molar-refractivity contribution in [1.29, 1.82) is 0 Å². The molecule has 0 spiro atoms. The first-order chi connectivity index (χ1) is 14.0. The minimum atomic E-state index is -4.22. The first-order valence-electron chi connectivity index (χ1n) is 9.24. The summed E-state index contributed by atoms with van der Waals surface area (Å²) in [4.78, 5) is 23.1. The van der Waals surface area contributed by atoms with Gasteiger partial charge in [0.05, 0.1) is 18.2 Å². The quantitative estimate of drug-likeness (QED) is 0.369. The molecule has 1 heterocycles. The standard InChI is InChI=1S/C23H21N2O3P/c26-29(27,28)17-22-16-25(18-24-22)23(19-10-4-1-5-11-19,20-12-6-2-7-13-20)21-14-8-3-9-15-21/h1-16,18H,17H2,(H2,26,27,28). The molecule has 6 heteroatoms. The molecule has 29 heavy (non-hydrogen) atoms. The highest BCUT2D eigenvalue weighted by Gasteiger charge is 2.38. The highest BCUT2D eigenvalue weighted by molar-refractivity contribution is 7.50. The summed E-state index contributed by atoms with van der Waals surface area (Å²) in [5, 5.41) is 0. The first-order valence-corrected chi connectivity index (χ1v) is 11.0. The van der Waals surface area contributed by atoms with E-state index in [1.807, 2.05) is 59.2 Å². The van der Waals surface area contributed by atoms with Crippen LogP contribution in [0, 0.1) is 0 Å². The lowest BCUT2D eigenvalue weighted by Gasteiger charge is -2.37. The third-order valence-corrected chi connectivity index (χ3v) is 5.70. The van der Waals surface area contributed by atoms with E-state index in [-0.39, 0.29) is 0 Å². The molecule has 0 saturated carbocycles. The van der Waals surface area contributed by atoms with Crippen molar-refractivity contribution in [2.24, 2.45) is 0 Å². The van der Waals surface area contributed by atoms with E-state index in [9.17, 15) is 14.4 Å². The van der Waals surface area contributed by atoms with Gasteiger partial charge in [0, 0.05) is 6.20 Å². The Balaban J connectivity index is 2.02. The monoisotopic (exact) mass is 404 g/mol. The summed E-state index contributed by atoms with van der Waals surface area (Å²) in [6, 6.07) is 30.2. The minimum Gasteiger partial charge on any atom is -0.324 e. The van der Waals surface area contributed by atoms with Gasteiger partial charge in [-0.1, -0.05) is 91.0 Å². The topological polar surface area (TPSA) is 75.3 Å². The van der Waals surface area contributed by atoms with Crippen LogP contribution in [-0.4, -0.2) is 19.3 Å². The van der Waals surface area contributed by atoms with Crippen LogP contribution in [0.1, 0.15) is 22.4 Å². The van der Waals surface area contributed by atoms with Crippen molar-refractivity contribution in [3.8, 4) is 0 Å². The summed E-state index contributed by atoms with van der Waals surface area (Å²) in [5.74, 6) is 0. The molecular weight excluding hydrogens is 383 g/mol. The molecule has 0 saturated heterocycles. The number of hydrogen-bond donors (Lipinski definition) is 2. The summed E-state index contributed by atoms with van der Waals surface area (Å²) < 4.78 is 13.5. The Morgan fingerprint density at radius 3 is 1.55 bits per heavy atom. The normalized spacial score (nSPS) is 12.1. The molecular formula is C23H21N2O3P. The van der Waals surface area contributed by atoms with Gasteiger partial charge in [0.15, 0.2) is 0 Å². The van der Waals surface area contributed by atoms with Gasteiger partial charge in [-0.2, -0.15) is 0 Å². The Bertz CT molecular complexity index is 1030. The second-order valence-corrected chi connectivity index (χ2v) is 8.55. The van der Waals surface area contributed by atoms with Gasteiger partial charge in [-0.3, -0.25) is 4.57 Å². The van der Waals surface area contributed by atoms with Crippen molar-refractivity contribution in [2.75, 3.05) is 0 Å². The van der Waals surface area contributed by atoms with Gasteiger partial charge in [0.2, 0.25) is 0 Å². The number of imidazole rings is 1. The van der Waals surface area contributed by atoms with Gasteiger partial charge in [-0.05, 0) is 16.7 Å². The van der Waals surface area contributed by atoms with E-state index in [1.54, 1.807) is 12.5 Å². The molecule has 2 N–H and O–H groups in total. The highest BCUT2D eigenvalue weighted by atomic mass is 31.2. The molecule has 0 aliphatic heterocycles. The SMILES string of the molecule is O=P(O)(O)Cc1cn(C(c2ccccc2)(c2ccccc2)c2ccccc2)cn1. The summed E-state index contributed by atoms with van der Waals surface area (Å²) in [5.41, 5.74) is 2.70. The van der Waals surface area contributed by atoms with Crippen LogP contribution < -0.4 is 0 Å². The van der Waals surface area contributed by atoms with Crippen molar-refractivity contribution >= 4 is 7.60 Å². The van der Waals surface area contributed by atoms with Gasteiger partial charge in [0.25, 0.3) is 0 Å². The first kappa shape index (κ1) is 19.3. The fraction of sp³-hybridized carbons (Fsp3) is 0.0870. The van der Waals surface area contributed by atoms with Gasteiger partial charge in [0.1, 0.15) is 5.54 Å². The lowest BCUT2D eigenvalue weighted by molar-refractivity contribution is 0.371. The molecule has 4 rings (SSSR count). The summed E-state index contributed by atoms with van der Waals surface area (Å²) in [7, 11) is -4.22. The average molecular weight is 404 g/mol. The van der Waals surface area contributed by atoms with Crippen molar-refractivity contribution in [1.82, 2.24) is 9.55 Å². The predicted molar refractivity (Wildman–Crippen MR) is 113 cm³/mol. The molecule has 0 bridgehead atoms. The van der Waals surface area contributed by atoms with Crippen LogP contribution in [0.15, 0.2) is 104 Å². The Labute approximate surface area is 169 Å². The van der Waals surface area contributed by atoms with Crippen LogP contribution in [-0.2, 0) is 16.3 Å². The van der Waals surface area contributed by atoms with E-state index >= 15 is 0 Å². The maximum Gasteiger partial charge on any atom is 0.331 e. The van der Waals surface area contributed by atoms with E-state index in [0.29, 0.717) is 5.69 Å². The lowest BCUT2D eigenvalue weighted by Crippen LogP contribution is -2.36. The largest absolute Gasteiger partial charge is 0.331 e. The molecule has 146 valence electrons. The van der Waals surface area contributed by atoms with E-state index in [4.69, 9.17) is 0 Å². The minimum absolute atomic E-state index is 0.352. The Morgan fingerprint density at radius 1 is 0.759 bits per heavy atom. The second-order valence-electron chi connectivity index (χ2n) is 6.90. The van der Waals surface area contributed by atoms with Crippen molar-refractivity contribution in [3.05, 3.63) is 126 Å². The highest BCUT2D eigenvalue weighted by Crippen LogP contribution is 2.42. The molecule has 0 radical (unpaired) electrons. The van der Waals surface area contributed by atoms with E-state index in [1.165, 1.54) is 0 Å². The van der Waals surface area contributed by atoms with Crippen molar-refractivity contribution in [2.45, 2.75) is 11.7 Å². The van der Waals surface area contributed by atoms with Crippen LogP contribution in [0.4, 0.5) is 0 Å². The molecule has 0 atom stereocenters. The average Bonchev–Trinajstić information content (AvgIpc) is 3.18. The summed E-state index contributed by atoms with van der Waals surface area (Å²) >= 11 is 0. The molecule has 5 nitrogen and oxygen atoms in total. The third-order valence-electron chi connectivity index (χ3n) is 4.97. The van der Waals surface area contributed by atoms with Crippen LogP contribution in [0.5, 0.6) is 0 Å². The van der Waals surface area contributed by atoms with Gasteiger partial charge in [-0.15, -0.1) is 0 Å². The molecule has 4 aromatic rings. The Hall–Kier alpha value is -2.98. The van der Waals surface area contributed by atoms with Crippen LogP contribution in [0.25, 0.3) is 0 Å². The van der Waals surface area contributed by atoms with Gasteiger partial charge in [-0.25, -0.2) is 4.98 Å². The van der Waals surface area contributed by atoms with E-state index in [0.717, 1.165) is 16.7 Å². The Kier molecular flexibility index (Phi) is 5.20. The molecule has 0 amide bonds. The van der Waals surface area contributed by atoms with E-state index < -0.39 is 19.3 Å². The zero-order valence-corrected chi connectivity index (χ0v) is 16.6. The maximum absolute atomic E-state index is 11.5. The number of rotatable bonds is 6. The molecule has 0 aliphatic carbocycles. The number of hydrogen-bond acceptors (Lipinski definition) is 2. The molecule has 0 fully saturated rings. The lowest BCUT2D eigenvalue weighted by atomic mass is 9.77. The molecule has 0 aliphatic rings. The van der Waals surface area contributed by atoms with Gasteiger partial charge >= 0.3 is 7.60 Å². The number of aromatic nitrogens is 2. The zero-order chi connectivity index (χ0) is 20.3.